The molecule has 7 nitrogen and oxygen atoms in total. The van der Waals surface area contributed by atoms with Crippen LogP contribution in [0.3, 0.4) is 0 Å². The standard InChI is InChI=1S/C24H26ClNO6/c1-4-5-6-10-26-21(14-8-7-9-15(27)11-14)20(23(29)24(26)30)22(28)16-12-19(32-3)17(25)13-18(16)31-2/h7-9,11-13,21,27-28H,4-6,10H2,1-3H3/b22-20+. The zero-order valence-corrected chi connectivity index (χ0v) is 19.0. The summed E-state index contributed by atoms with van der Waals surface area (Å²) in [4.78, 5) is 27.5. The Labute approximate surface area is 191 Å². The summed E-state index contributed by atoms with van der Waals surface area (Å²) < 4.78 is 10.6. The van der Waals surface area contributed by atoms with E-state index in [1.807, 2.05) is 6.92 Å². The van der Waals surface area contributed by atoms with Crippen molar-refractivity contribution in [3.05, 3.63) is 58.1 Å². The summed E-state index contributed by atoms with van der Waals surface area (Å²) in [6, 6.07) is 8.39. The average Bonchev–Trinajstić information content (AvgIpc) is 3.03. The number of ether oxygens (including phenoxy) is 2. The molecule has 0 aliphatic carbocycles. The van der Waals surface area contributed by atoms with Crippen LogP contribution in [0.15, 0.2) is 42.0 Å². The van der Waals surface area contributed by atoms with Gasteiger partial charge >= 0.3 is 0 Å². The number of halogens is 1. The molecule has 2 aromatic carbocycles. The Morgan fingerprint density at radius 3 is 2.44 bits per heavy atom. The van der Waals surface area contributed by atoms with Gasteiger partial charge in [0.25, 0.3) is 11.7 Å². The van der Waals surface area contributed by atoms with E-state index in [1.165, 1.54) is 43.4 Å². The number of rotatable bonds is 8. The Morgan fingerprint density at radius 2 is 1.81 bits per heavy atom. The number of likely N-dealkylation sites (tertiary alicyclic amines) is 1. The van der Waals surface area contributed by atoms with Crippen molar-refractivity contribution in [3.63, 3.8) is 0 Å². The highest BCUT2D eigenvalue weighted by Gasteiger charge is 2.46. The van der Waals surface area contributed by atoms with Gasteiger partial charge in [-0.15, -0.1) is 0 Å². The zero-order chi connectivity index (χ0) is 23.4. The number of phenolic OH excluding ortho intramolecular Hbond substituents is 1. The van der Waals surface area contributed by atoms with E-state index in [9.17, 15) is 19.8 Å². The van der Waals surface area contributed by atoms with Crippen LogP contribution in [0.4, 0.5) is 0 Å². The lowest BCUT2D eigenvalue weighted by Crippen LogP contribution is -2.30. The monoisotopic (exact) mass is 459 g/mol. The molecule has 1 heterocycles. The summed E-state index contributed by atoms with van der Waals surface area (Å²) in [5, 5.41) is 21.5. The number of Topliss-reactive ketones (excluding diaryl/α,β-unsaturated/α-hetero) is 1. The van der Waals surface area contributed by atoms with Crippen LogP contribution in [0.2, 0.25) is 5.02 Å². The molecule has 170 valence electrons. The summed E-state index contributed by atoms with van der Waals surface area (Å²) in [5.41, 5.74) is 0.604. The molecule has 0 aromatic heterocycles. The molecule has 0 saturated carbocycles. The molecular weight excluding hydrogens is 434 g/mol. The molecule has 1 unspecified atom stereocenters. The van der Waals surface area contributed by atoms with Gasteiger partial charge in [-0.25, -0.2) is 0 Å². The van der Waals surface area contributed by atoms with Crippen molar-refractivity contribution in [2.24, 2.45) is 0 Å². The number of hydrogen-bond donors (Lipinski definition) is 2. The fourth-order valence-corrected chi connectivity index (χ4v) is 4.11. The third-order valence-electron chi connectivity index (χ3n) is 5.46. The normalized spacial score (nSPS) is 17.6. The van der Waals surface area contributed by atoms with Gasteiger partial charge in [0.15, 0.2) is 0 Å². The molecule has 8 heteroatoms. The zero-order valence-electron chi connectivity index (χ0n) is 18.2. The minimum absolute atomic E-state index is 0.00705. The van der Waals surface area contributed by atoms with Gasteiger partial charge in [-0.05, 0) is 30.2 Å². The van der Waals surface area contributed by atoms with Crippen LogP contribution >= 0.6 is 11.6 Å². The van der Waals surface area contributed by atoms with Crippen LogP contribution in [-0.2, 0) is 9.59 Å². The third kappa shape index (κ3) is 4.39. The van der Waals surface area contributed by atoms with Gasteiger partial charge in [-0.2, -0.15) is 0 Å². The lowest BCUT2D eigenvalue weighted by Gasteiger charge is -2.25. The Kier molecular flexibility index (Phi) is 7.30. The topological polar surface area (TPSA) is 96.3 Å². The third-order valence-corrected chi connectivity index (χ3v) is 5.75. The summed E-state index contributed by atoms with van der Waals surface area (Å²) in [6.45, 7) is 2.39. The number of methoxy groups -OCH3 is 2. The first-order valence-corrected chi connectivity index (χ1v) is 10.7. The Bertz CT molecular complexity index is 1060. The molecule has 3 rings (SSSR count). The van der Waals surface area contributed by atoms with E-state index >= 15 is 0 Å². The fraction of sp³-hybridized carbons (Fsp3) is 0.333. The maximum atomic E-state index is 13.1. The lowest BCUT2D eigenvalue weighted by atomic mass is 9.94. The minimum atomic E-state index is -0.856. The molecule has 1 fully saturated rings. The van der Waals surface area contributed by atoms with Crippen LogP contribution in [0, 0.1) is 0 Å². The number of carbonyl (C=O) groups is 2. The van der Waals surface area contributed by atoms with Gasteiger partial charge in [-0.1, -0.05) is 43.5 Å². The number of amides is 1. The van der Waals surface area contributed by atoms with Crippen molar-refractivity contribution in [3.8, 4) is 17.2 Å². The van der Waals surface area contributed by atoms with E-state index < -0.39 is 23.5 Å². The molecule has 0 radical (unpaired) electrons. The number of aromatic hydroxyl groups is 1. The Hall–Kier alpha value is -3.19. The van der Waals surface area contributed by atoms with Crippen molar-refractivity contribution in [1.29, 1.82) is 0 Å². The highest BCUT2D eigenvalue weighted by molar-refractivity contribution is 6.46. The van der Waals surface area contributed by atoms with Crippen molar-refractivity contribution in [2.45, 2.75) is 32.2 Å². The van der Waals surface area contributed by atoms with Crippen LogP contribution in [0.25, 0.3) is 5.76 Å². The number of unbranched alkanes of at least 4 members (excludes halogenated alkanes) is 2. The minimum Gasteiger partial charge on any atom is -0.508 e. The first-order chi connectivity index (χ1) is 15.3. The summed E-state index contributed by atoms with van der Waals surface area (Å²) in [5.74, 6) is -1.41. The van der Waals surface area contributed by atoms with E-state index in [1.54, 1.807) is 12.1 Å². The number of carbonyl (C=O) groups excluding carboxylic acids is 2. The first-order valence-electron chi connectivity index (χ1n) is 10.3. The summed E-state index contributed by atoms with van der Waals surface area (Å²) in [7, 11) is 2.84. The predicted molar refractivity (Wildman–Crippen MR) is 121 cm³/mol. The lowest BCUT2D eigenvalue weighted by molar-refractivity contribution is -0.139. The van der Waals surface area contributed by atoms with Gasteiger partial charge in [0.1, 0.15) is 23.0 Å². The molecule has 0 spiro atoms. The number of benzene rings is 2. The smallest absolute Gasteiger partial charge is 0.295 e. The quantitative estimate of drug-likeness (QED) is 0.257. The van der Waals surface area contributed by atoms with Crippen LogP contribution in [0.1, 0.15) is 43.4 Å². The molecule has 0 bridgehead atoms. The SMILES string of the molecule is CCCCCN1C(=O)C(=O)/C(=C(/O)c2cc(OC)c(Cl)cc2OC)C1c1cccc(O)c1. The molecule has 1 amide bonds. The van der Waals surface area contributed by atoms with Gasteiger partial charge in [-0.3, -0.25) is 9.59 Å². The molecule has 2 aromatic rings. The molecule has 2 N–H and O–H groups in total. The summed E-state index contributed by atoms with van der Waals surface area (Å²) >= 11 is 6.17. The predicted octanol–water partition coefficient (Wildman–Crippen LogP) is 4.67. The number of phenols is 1. The van der Waals surface area contributed by atoms with E-state index in [0.717, 1.165) is 12.8 Å². The van der Waals surface area contributed by atoms with E-state index in [2.05, 4.69) is 0 Å². The molecule has 1 atom stereocenters. The van der Waals surface area contributed by atoms with E-state index in [-0.39, 0.29) is 33.4 Å². The number of hydrogen-bond acceptors (Lipinski definition) is 6. The van der Waals surface area contributed by atoms with Gasteiger partial charge in [0.2, 0.25) is 0 Å². The van der Waals surface area contributed by atoms with Crippen molar-refractivity contribution < 1.29 is 29.3 Å². The second-order valence-corrected chi connectivity index (χ2v) is 7.89. The number of ketones is 1. The van der Waals surface area contributed by atoms with Crippen molar-refractivity contribution >= 4 is 29.1 Å². The molecular formula is C24H26ClNO6. The van der Waals surface area contributed by atoms with E-state index in [0.29, 0.717) is 18.5 Å². The highest BCUT2D eigenvalue weighted by atomic mass is 35.5. The second-order valence-electron chi connectivity index (χ2n) is 7.48. The van der Waals surface area contributed by atoms with Gasteiger partial charge in [0, 0.05) is 12.6 Å². The van der Waals surface area contributed by atoms with Gasteiger partial charge in [0.05, 0.1) is 36.4 Å². The first kappa shape index (κ1) is 23.5. The number of aliphatic hydroxyl groups excluding tert-OH is 1. The maximum Gasteiger partial charge on any atom is 0.295 e. The Balaban J connectivity index is 2.22. The van der Waals surface area contributed by atoms with E-state index in [4.69, 9.17) is 21.1 Å². The van der Waals surface area contributed by atoms with Crippen LogP contribution < -0.4 is 9.47 Å². The fourth-order valence-electron chi connectivity index (χ4n) is 3.87. The van der Waals surface area contributed by atoms with Crippen LogP contribution in [0.5, 0.6) is 17.2 Å². The Morgan fingerprint density at radius 1 is 1.09 bits per heavy atom. The molecule has 1 aliphatic heterocycles. The number of aliphatic hydroxyl groups is 1. The second kappa shape index (κ2) is 9.96. The largest absolute Gasteiger partial charge is 0.508 e. The summed E-state index contributed by atoms with van der Waals surface area (Å²) in [6.07, 6.45) is 2.54. The van der Waals surface area contributed by atoms with Gasteiger partial charge < -0.3 is 24.6 Å². The molecule has 1 aliphatic rings. The number of nitrogens with zero attached hydrogens (tertiary/aromatic N) is 1. The average molecular weight is 460 g/mol. The highest BCUT2D eigenvalue weighted by Crippen LogP contribution is 2.43. The molecule has 32 heavy (non-hydrogen) atoms. The van der Waals surface area contributed by atoms with Crippen molar-refractivity contribution in [2.75, 3.05) is 20.8 Å². The van der Waals surface area contributed by atoms with Crippen molar-refractivity contribution in [1.82, 2.24) is 4.90 Å². The van der Waals surface area contributed by atoms with Crippen LogP contribution in [-0.4, -0.2) is 47.6 Å². The molecule has 1 saturated heterocycles. The maximum absolute atomic E-state index is 13.1.